The third-order valence-corrected chi connectivity index (χ3v) is 6.90. The highest BCUT2D eigenvalue weighted by molar-refractivity contribution is 9.10. The Morgan fingerprint density at radius 3 is 2.37 bits per heavy atom. The maximum atomic E-state index is 12.6. The molecule has 1 N–H and O–H groups in total. The molecular formula is C19H21BrN2O4S. The SMILES string of the molecule is O=C(COc1ccc(S(=O)(=O)N2CCCCC2)cc1)Nc1ccccc1Br. The molecule has 0 saturated carbocycles. The fourth-order valence-electron chi connectivity index (χ4n) is 2.86. The van der Waals surface area contributed by atoms with Gasteiger partial charge in [-0.3, -0.25) is 4.79 Å². The van der Waals surface area contributed by atoms with Crippen LogP contribution in [0.2, 0.25) is 0 Å². The van der Waals surface area contributed by atoms with Crippen molar-refractivity contribution in [2.45, 2.75) is 24.2 Å². The monoisotopic (exact) mass is 452 g/mol. The second-order valence-electron chi connectivity index (χ2n) is 6.25. The van der Waals surface area contributed by atoms with Gasteiger partial charge in [0, 0.05) is 17.6 Å². The molecule has 1 saturated heterocycles. The lowest BCUT2D eigenvalue weighted by Crippen LogP contribution is -2.35. The van der Waals surface area contributed by atoms with Gasteiger partial charge in [-0.2, -0.15) is 4.31 Å². The zero-order valence-electron chi connectivity index (χ0n) is 14.7. The maximum absolute atomic E-state index is 12.6. The molecule has 27 heavy (non-hydrogen) atoms. The summed E-state index contributed by atoms with van der Waals surface area (Å²) < 4.78 is 33.0. The van der Waals surface area contributed by atoms with Gasteiger partial charge in [-0.15, -0.1) is 0 Å². The summed E-state index contributed by atoms with van der Waals surface area (Å²) in [5.74, 6) is 0.141. The molecular weight excluding hydrogens is 432 g/mol. The highest BCUT2D eigenvalue weighted by Gasteiger charge is 2.25. The van der Waals surface area contributed by atoms with Crippen molar-refractivity contribution in [3.05, 3.63) is 53.0 Å². The zero-order valence-corrected chi connectivity index (χ0v) is 17.1. The number of para-hydroxylation sites is 1. The van der Waals surface area contributed by atoms with E-state index in [1.807, 2.05) is 18.2 Å². The van der Waals surface area contributed by atoms with E-state index in [2.05, 4.69) is 21.2 Å². The van der Waals surface area contributed by atoms with Crippen molar-refractivity contribution >= 4 is 37.5 Å². The summed E-state index contributed by atoms with van der Waals surface area (Å²) in [7, 11) is -3.46. The van der Waals surface area contributed by atoms with Gasteiger partial charge in [-0.05, 0) is 65.2 Å². The maximum Gasteiger partial charge on any atom is 0.262 e. The van der Waals surface area contributed by atoms with Crippen LogP contribution in [0.3, 0.4) is 0 Å². The molecule has 1 fully saturated rings. The Bertz CT molecular complexity index is 894. The van der Waals surface area contributed by atoms with Crippen LogP contribution in [-0.4, -0.2) is 38.3 Å². The first-order chi connectivity index (χ1) is 13.0. The van der Waals surface area contributed by atoms with Gasteiger partial charge in [0.05, 0.1) is 10.6 Å². The number of halogens is 1. The van der Waals surface area contributed by atoms with Gasteiger partial charge in [0.2, 0.25) is 10.0 Å². The van der Waals surface area contributed by atoms with Gasteiger partial charge in [-0.25, -0.2) is 8.42 Å². The molecule has 3 rings (SSSR count). The molecule has 8 heteroatoms. The molecule has 0 spiro atoms. The molecule has 6 nitrogen and oxygen atoms in total. The van der Waals surface area contributed by atoms with E-state index in [-0.39, 0.29) is 17.4 Å². The van der Waals surface area contributed by atoms with Crippen molar-refractivity contribution < 1.29 is 17.9 Å². The number of ether oxygens (including phenoxy) is 1. The average molecular weight is 453 g/mol. The van der Waals surface area contributed by atoms with Gasteiger partial charge < -0.3 is 10.1 Å². The Hall–Kier alpha value is -1.90. The minimum atomic E-state index is -3.46. The van der Waals surface area contributed by atoms with Crippen molar-refractivity contribution in [3.8, 4) is 5.75 Å². The second-order valence-corrected chi connectivity index (χ2v) is 9.05. The normalized spacial score (nSPS) is 15.3. The second kappa shape index (κ2) is 8.86. The van der Waals surface area contributed by atoms with Crippen LogP contribution in [0.1, 0.15) is 19.3 Å². The minimum absolute atomic E-state index is 0.167. The third kappa shape index (κ3) is 5.09. The molecule has 1 aliphatic rings. The van der Waals surface area contributed by atoms with E-state index >= 15 is 0 Å². The number of carbonyl (C=O) groups excluding carboxylic acids is 1. The summed E-state index contributed by atoms with van der Waals surface area (Å²) in [5.41, 5.74) is 0.661. The van der Waals surface area contributed by atoms with Crippen LogP contribution in [0, 0.1) is 0 Å². The quantitative estimate of drug-likeness (QED) is 0.725. The smallest absolute Gasteiger partial charge is 0.262 e. The van der Waals surface area contributed by atoms with Crippen molar-refractivity contribution in [3.63, 3.8) is 0 Å². The predicted octanol–water partition coefficient (Wildman–Crippen LogP) is 3.64. The Balaban J connectivity index is 1.57. The molecule has 1 heterocycles. The topological polar surface area (TPSA) is 75.7 Å². The van der Waals surface area contributed by atoms with E-state index in [0.717, 1.165) is 23.7 Å². The molecule has 1 amide bonds. The standard InChI is InChI=1S/C19H21BrN2O4S/c20-17-6-2-3-7-18(17)21-19(23)14-26-15-8-10-16(11-9-15)27(24,25)22-12-4-1-5-13-22/h2-3,6-11H,1,4-5,12-14H2,(H,21,23). The summed E-state index contributed by atoms with van der Waals surface area (Å²) in [5, 5.41) is 2.75. The van der Waals surface area contributed by atoms with E-state index in [4.69, 9.17) is 4.74 Å². The Kier molecular flexibility index (Phi) is 6.51. The first kappa shape index (κ1) is 19.9. The van der Waals surface area contributed by atoms with Crippen LogP contribution in [0.15, 0.2) is 57.9 Å². The summed E-state index contributed by atoms with van der Waals surface area (Å²) in [4.78, 5) is 12.3. The van der Waals surface area contributed by atoms with Crippen molar-refractivity contribution in [1.82, 2.24) is 4.31 Å². The Morgan fingerprint density at radius 1 is 1.04 bits per heavy atom. The number of amides is 1. The molecule has 0 bridgehead atoms. The fourth-order valence-corrected chi connectivity index (χ4v) is 4.76. The summed E-state index contributed by atoms with van der Waals surface area (Å²) >= 11 is 3.36. The number of sulfonamides is 1. The van der Waals surface area contributed by atoms with Gasteiger partial charge in [0.15, 0.2) is 6.61 Å². The molecule has 2 aromatic carbocycles. The van der Waals surface area contributed by atoms with E-state index in [1.54, 1.807) is 18.2 Å². The molecule has 2 aromatic rings. The molecule has 0 aromatic heterocycles. The summed E-state index contributed by atoms with van der Waals surface area (Å²) in [6, 6.07) is 13.5. The Morgan fingerprint density at radius 2 is 1.70 bits per heavy atom. The molecule has 0 radical (unpaired) electrons. The van der Waals surface area contributed by atoms with Gasteiger partial charge >= 0.3 is 0 Å². The highest BCUT2D eigenvalue weighted by atomic mass is 79.9. The fraction of sp³-hybridized carbons (Fsp3) is 0.316. The molecule has 0 atom stereocenters. The summed E-state index contributed by atoms with van der Waals surface area (Å²) in [6.45, 7) is 0.963. The Labute approximate surface area is 167 Å². The van der Waals surface area contributed by atoms with E-state index in [9.17, 15) is 13.2 Å². The van der Waals surface area contributed by atoms with Gasteiger partial charge in [0.1, 0.15) is 5.75 Å². The predicted molar refractivity (Wildman–Crippen MR) is 107 cm³/mol. The number of hydrogen-bond donors (Lipinski definition) is 1. The zero-order chi connectivity index (χ0) is 19.3. The van der Waals surface area contributed by atoms with Crippen LogP contribution in [0.5, 0.6) is 5.75 Å². The third-order valence-electron chi connectivity index (χ3n) is 4.29. The number of carbonyl (C=O) groups is 1. The number of anilines is 1. The van der Waals surface area contributed by atoms with Crippen LogP contribution < -0.4 is 10.1 Å². The van der Waals surface area contributed by atoms with Gasteiger partial charge in [-0.1, -0.05) is 18.6 Å². The van der Waals surface area contributed by atoms with Crippen molar-refractivity contribution in [2.75, 3.05) is 25.0 Å². The molecule has 0 unspecified atom stereocenters. The lowest BCUT2D eigenvalue weighted by Gasteiger charge is -2.25. The van der Waals surface area contributed by atoms with E-state index in [1.165, 1.54) is 16.4 Å². The number of nitrogens with zero attached hydrogens (tertiary/aromatic N) is 1. The van der Waals surface area contributed by atoms with Crippen LogP contribution in [-0.2, 0) is 14.8 Å². The van der Waals surface area contributed by atoms with Gasteiger partial charge in [0.25, 0.3) is 5.91 Å². The number of hydrogen-bond acceptors (Lipinski definition) is 4. The highest BCUT2D eigenvalue weighted by Crippen LogP contribution is 2.23. The molecule has 0 aliphatic carbocycles. The average Bonchev–Trinajstić information content (AvgIpc) is 2.69. The lowest BCUT2D eigenvalue weighted by atomic mass is 10.2. The van der Waals surface area contributed by atoms with Crippen LogP contribution in [0.25, 0.3) is 0 Å². The van der Waals surface area contributed by atoms with Crippen LogP contribution >= 0.6 is 15.9 Å². The van der Waals surface area contributed by atoms with E-state index in [0.29, 0.717) is 24.5 Å². The minimum Gasteiger partial charge on any atom is -0.484 e. The number of benzene rings is 2. The van der Waals surface area contributed by atoms with Crippen LogP contribution in [0.4, 0.5) is 5.69 Å². The van der Waals surface area contributed by atoms with Crippen molar-refractivity contribution in [1.29, 1.82) is 0 Å². The number of nitrogens with one attached hydrogen (secondary N) is 1. The first-order valence-corrected chi connectivity index (χ1v) is 11.0. The number of piperidine rings is 1. The molecule has 144 valence electrons. The largest absolute Gasteiger partial charge is 0.484 e. The molecule has 1 aliphatic heterocycles. The summed E-state index contributed by atoms with van der Waals surface area (Å²) in [6.07, 6.45) is 2.86. The van der Waals surface area contributed by atoms with Crippen molar-refractivity contribution in [2.24, 2.45) is 0 Å². The number of rotatable bonds is 6. The first-order valence-electron chi connectivity index (χ1n) is 8.74. The van der Waals surface area contributed by atoms with E-state index < -0.39 is 10.0 Å². The lowest BCUT2D eigenvalue weighted by molar-refractivity contribution is -0.118.